The highest BCUT2D eigenvalue weighted by Gasteiger charge is 2.26. The third-order valence-electron chi connectivity index (χ3n) is 3.92. The summed E-state index contributed by atoms with van der Waals surface area (Å²) in [6.45, 7) is 1.89. The molecule has 1 saturated carbocycles. The summed E-state index contributed by atoms with van der Waals surface area (Å²) in [5.41, 5.74) is 1.24. The second kappa shape index (κ2) is 6.06. The molecule has 0 radical (unpaired) electrons. The maximum absolute atomic E-state index is 12.2. The molecule has 0 heterocycles. The number of amides is 1. The molecule has 2 rings (SSSR count). The molecule has 1 aliphatic carbocycles. The monoisotopic (exact) mass is 263 g/mol. The zero-order valence-electron chi connectivity index (χ0n) is 11.2. The number of aromatic hydroxyl groups is 1. The Balaban J connectivity index is 2.05. The molecule has 4 heteroatoms. The SMILES string of the molecule is Cc1cc(C(=O)NC2CCCCC2CO)ccc1O. The average molecular weight is 263 g/mol. The van der Waals surface area contributed by atoms with Crippen molar-refractivity contribution in [3.05, 3.63) is 29.3 Å². The van der Waals surface area contributed by atoms with Crippen LogP contribution in [0.5, 0.6) is 5.75 Å². The molecule has 2 unspecified atom stereocenters. The van der Waals surface area contributed by atoms with Gasteiger partial charge in [-0.25, -0.2) is 0 Å². The van der Waals surface area contributed by atoms with Crippen LogP contribution in [0.2, 0.25) is 0 Å². The third kappa shape index (κ3) is 3.26. The normalized spacial score (nSPS) is 23.1. The Bertz CT molecular complexity index is 459. The fourth-order valence-electron chi connectivity index (χ4n) is 2.66. The Morgan fingerprint density at radius 1 is 1.37 bits per heavy atom. The van der Waals surface area contributed by atoms with E-state index in [4.69, 9.17) is 0 Å². The lowest BCUT2D eigenvalue weighted by molar-refractivity contribution is 0.0872. The van der Waals surface area contributed by atoms with Gasteiger partial charge in [0.2, 0.25) is 0 Å². The van der Waals surface area contributed by atoms with Crippen LogP contribution in [0, 0.1) is 12.8 Å². The minimum absolute atomic E-state index is 0.0559. The average Bonchev–Trinajstić information content (AvgIpc) is 2.42. The second-order valence-electron chi connectivity index (χ2n) is 5.31. The lowest BCUT2D eigenvalue weighted by atomic mass is 9.85. The molecule has 3 N–H and O–H groups in total. The maximum atomic E-state index is 12.2. The molecule has 1 aliphatic rings. The Kier molecular flexibility index (Phi) is 4.43. The standard InChI is InChI=1S/C15H21NO3/c1-10-8-11(6-7-14(10)18)15(19)16-13-5-3-2-4-12(13)9-17/h6-8,12-13,17-18H,2-5,9H2,1H3,(H,16,19). The number of carbonyl (C=O) groups excluding carboxylic acids is 1. The first-order valence-electron chi connectivity index (χ1n) is 6.83. The Hall–Kier alpha value is -1.55. The zero-order valence-corrected chi connectivity index (χ0v) is 11.2. The Morgan fingerprint density at radius 2 is 2.11 bits per heavy atom. The number of aliphatic hydroxyl groups is 1. The van der Waals surface area contributed by atoms with Crippen LogP contribution in [0.15, 0.2) is 18.2 Å². The highest BCUT2D eigenvalue weighted by molar-refractivity contribution is 5.94. The van der Waals surface area contributed by atoms with Gasteiger partial charge in [-0.05, 0) is 43.5 Å². The molecular weight excluding hydrogens is 242 g/mol. The van der Waals surface area contributed by atoms with Gasteiger partial charge in [0.05, 0.1) is 0 Å². The van der Waals surface area contributed by atoms with Crippen LogP contribution in [-0.2, 0) is 0 Å². The van der Waals surface area contributed by atoms with Crippen LogP contribution in [0.25, 0.3) is 0 Å². The van der Waals surface area contributed by atoms with Crippen LogP contribution < -0.4 is 5.32 Å². The van der Waals surface area contributed by atoms with Gasteiger partial charge in [0.15, 0.2) is 0 Å². The largest absolute Gasteiger partial charge is 0.508 e. The number of hydrogen-bond donors (Lipinski definition) is 3. The lowest BCUT2D eigenvalue weighted by Crippen LogP contribution is -2.43. The molecule has 1 aromatic rings. The summed E-state index contributed by atoms with van der Waals surface area (Å²) in [7, 11) is 0. The maximum Gasteiger partial charge on any atom is 0.251 e. The highest BCUT2D eigenvalue weighted by Crippen LogP contribution is 2.24. The van der Waals surface area contributed by atoms with Gasteiger partial charge in [-0.1, -0.05) is 12.8 Å². The zero-order chi connectivity index (χ0) is 13.8. The van der Waals surface area contributed by atoms with E-state index in [-0.39, 0.29) is 30.2 Å². The molecule has 0 aromatic heterocycles. The van der Waals surface area contributed by atoms with Crippen LogP contribution in [-0.4, -0.2) is 28.8 Å². The minimum Gasteiger partial charge on any atom is -0.508 e. The molecule has 0 spiro atoms. The molecule has 1 fully saturated rings. The van der Waals surface area contributed by atoms with Crippen molar-refractivity contribution in [2.75, 3.05) is 6.61 Å². The first-order valence-corrected chi connectivity index (χ1v) is 6.83. The van der Waals surface area contributed by atoms with Crippen molar-refractivity contribution < 1.29 is 15.0 Å². The van der Waals surface area contributed by atoms with E-state index in [9.17, 15) is 15.0 Å². The summed E-state index contributed by atoms with van der Waals surface area (Å²) in [5, 5.41) is 21.8. The summed E-state index contributed by atoms with van der Waals surface area (Å²) >= 11 is 0. The van der Waals surface area contributed by atoms with Gasteiger partial charge in [0, 0.05) is 24.1 Å². The number of aryl methyl sites for hydroxylation is 1. The minimum atomic E-state index is -0.131. The van der Waals surface area contributed by atoms with Gasteiger partial charge >= 0.3 is 0 Å². The van der Waals surface area contributed by atoms with Crippen molar-refractivity contribution >= 4 is 5.91 Å². The summed E-state index contributed by atoms with van der Waals surface area (Å²) in [4.78, 5) is 12.2. The summed E-state index contributed by atoms with van der Waals surface area (Å²) in [5.74, 6) is 0.229. The van der Waals surface area contributed by atoms with Gasteiger partial charge in [0.1, 0.15) is 5.75 Å². The van der Waals surface area contributed by atoms with Crippen molar-refractivity contribution in [2.45, 2.75) is 38.6 Å². The number of nitrogens with one attached hydrogen (secondary N) is 1. The molecule has 104 valence electrons. The molecule has 1 aromatic carbocycles. The quantitative estimate of drug-likeness (QED) is 0.781. The second-order valence-corrected chi connectivity index (χ2v) is 5.31. The van der Waals surface area contributed by atoms with E-state index in [2.05, 4.69) is 5.32 Å². The number of phenolic OH excluding ortho intramolecular Hbond substituents is 1. The molecule has 19 heavy (non-hydrogen) atoms. The number of carbonyl (C=O) groups is 1. The topological polar surface area (TPSA) is 69.6 Å². The molecule has 0 aliphatic heterocycles. The number of benzene rings is 1. The molecular formula is C15H21NO3. The van der Waals surface area contributed by atoms with Crippen LogP contribution in [0.4, 0.5) is 0 Å². The number of rotatable bonds is 3. The molecule has 2 atom stereocenters. The molecule has 4 nitrogen and oxygen atoms in total. The third-order valence-corrected chi connectivity index (χ3v) is 3.92. The van der Waals surface area contributed by atoms with Gasteiger partial charge in [-0.2, -0.15) is 0 Å². The number of aliphatic hydroxyl groups excluding tert-OH is 1. The predicted molar refractivity (Wildman–Crippen MR) is 73.1 cm³/mol. The summed E-state index contributed by atoms with van der Waals surface area (Å²) in [6, 6.07) is 4.89. The summed E-state index contributed by atoms with van der Waals surface area (Å²) < 4.78 is 0. The van der Waals surface area contributed by atoms with Crippen molar-refractivity contribution in [2.24, 2.45) is 5.92 Å². The fraction of sp³-hybridized carbons (Fsp3) is 0.533. The van der Waals surface area contributed by atoms with Crippen molar-refractivity contribution in [1.29, 1.82) is 0 Å². The van der Waals surface area contributed by atoms with E-state index < -0.39 is 0 Å². The first kappa shape index (κ1) is 13.9. The number of phenols is 1. The van der Waals surface area contributed by atoms with E-state index in [0.717, 1.165) is 25.7 Å². The van der Waals surface area contributed by atoms with E-state index in [0.29, 0.717) is 11.1 Å². The van der Waals surface area contributed by atoms with Crippen molar-refractivity contribution in [3.8, 4) is 5.75 Å². The lowest BCUT2D eigenvalue weighted by Gasteiger charge is -2.30. The number of hydrogen-bond acceptors (Lipinski definition) is 3. The van der Waals surface area contributed by atoms with Crippen LogP contribution >= 0.6 is 0 Å². The first-order chi connectivity index (χ1) is 9.11. The van der Waals surface area contributed by atoms with Gasteiger partial charge < -0.3 is 15.5 Å². The fourth-order valence-corrected chi connectivity index (χ4v) is 2.66. The van der Waals surface area contributed by atoms with Crippen molar-refractivity contribution in [1.82, 2.24) is 5.32 Å². The smallest absolute Gasteiger partial charge is 0.251 e. The van der Waals surface area contributed by atoms with E-state index in [1.807, 2.05) is 0 Å². The van der Waals surface area contributed by atoms with Gasteiger partial charge in [0.25, 0.3) is 5.91 Å². The van der Waals surface area contributed by atoms with Crippen molar-refractivity contribution in [3.63, 3.8) is 0 Å². The van der Waals surface area contributed by atoms with Crippen LogP contribution in [0.1, 0.15) is 41.6 Å². The van der Waals surface area contributed by atoms with E-state index in [1.54, 1.807) is 19.1 Å². The molecule has 1 amide bonds. The summed E-state index contributed by atoms with van der Waals surface area (Å²) in [6.07, 6.45) is 4.11. The van der Waals surface area contributed by atoms with Gasteiger partial charge in [-0.15, -0.1) is 0 Å². The highest BCUT2D eigenvalue weighted by atomic mass is 16.3. The molecule has 0 saturated heterocycles. The Morgan fingerprint density at radius 3 is 2.79 bits per heavy atom. The van der Waals surface area contributed by atoms with E-state index in [1.165, 1.54) is 6.07 Å². The molecule has 0 bridgehead atoms. The predicted octanol–water partition coefficient (Wildman–Crippen LogP) is 1.98. The van der Waals surface area contributed by atoms with E-state index >= 15 is 0 Å². The van der Waals surface area contributed by atoms with Gasteiger partial charge in [-0.3, -0.25) is 4.79 Å². The van der Waals surface area contributed by atoms with Crippen LogP contribution in [0.3, 0.4) is 0 Å². The Labute approximate surface area is 113 Å².